The monoisotopic (exact) mass is 399 g/mol. The molecule has 1 saturated carbocycles. The van der Waals surface area contributed by atoms with Crippen LogP contribution in [0.25, 0.3) is 0 Å². The van der Waals surface area contributed by atoms with Crippen molar-refractivity contribution in [3.05, 3.63) is 34.9 Å². The second kappa shape index (κ2) is 8.01. The molecule has 0 atom stereocenters. The molecule has 116 valence electrons. The van der Waals surface area contributed by atoms with Gasteiger partial charge in [-0.3, -0.25) is 0 Å². The number of nitrogens with zero attached hydrogens (tertiary/aromatic N) is 1. The van der Waals surface area contributed by atoms with Crippen molar-refractivity contribution in [2.45, 2.75) is 45.6 Å². The first-order valence-corrected chi connectivity index (χ1v) is 7.98. The van der Waals surface area contributed by atoms with Gasteiger partial charge in [0.25, 0.3) is 0 Å². The maximum absolute atomic E-state index is 4.70. The molecule has 2 N–H and O–H groups in total. The SMILES string of the molecule is CCNC(=NCc1ccc2c(c1)CCC2)NCC1CC1.I. The summed E-state index contributed by atoms with van der Waals surface area (Å²) in [6.07, 6.45) is 6.56. The molecule has 0 aliphatic heterocycles. The highest BCUT2D eigenvalue weighted by Gasteiger charge is 2.21. The fraction of sp³-hybridized carbons (Fsp3) is 0.588. The number of aryl methyl sites for hydroxylation is 2. The standard InChI is InChI=1S/C17H25N3.HI/c1-2-18-17(19-11-13-6-7-13)20-12-14-8-9-15-4-3-5-16(15)10-14;/h8-10,13H,2-7,11-12H2,1H3,(H2,18,19,20);1H. The van der Waals surface area contributed by atoms with Gasteiger partial charge in [0.15, 0.2) is 5.96 Å². The van der Waals surface area contributed by atoms with Crippen molar-refractivity contribution in [3.63, 3.8) is 0 Å². The lowest BCUT2D eigenvalue weighted by Gasteiger charge is -2.11. The molecule has 0 amide bonds. The fourth-order valence-electron chi connectivity index (χ4n) is 2.80. The number of guanidine groups is 1. The van der Waals surface area contributed by atoms with Gasteiger partial charge < -0.3 is 10.6 Å². The maximum atomic E-state index is 4.70. The van der Waals surface area contributed by atoms with E-state index in [1.165, 1.54) is 48.8 Å². The van der Waals surface area contributed by atoms with Crippen molar-refractivity contribution >= 4 is 29.9 Å². The zero-order valence-corrected chi connectivity index (χ0v) is 15.2. The third kappa shape index (κ3) is 4.87. The number of hydrogen-bond donors (Lipinski definition) is 2. The van der Waals surface area contributed by atoms with Crippen molar-refractivity contribution in [2.75, 3.05) is 13.1 Å². The van der Waals surface area contributed by atoms with E-state index in [1.54, 1.807) is 0 Å². The topological polar surface area (TPSA) is 36.4 Å². The summed E-state index contributed by atoms with van der Waals surface area (Å²) >= 11 is 0. The van der Waals surface area contributed by atoms with Gasteiger partial charge in [0, 0.05) is 13.1 Å². The molecule has 0 heterocycles. The van der Waals surface area contributed by atoms with Crippen molar-refractivity contribution < 1.29 is 0 Å². The highest BCUT2D eigenvalue weighted by molar-refractivity contribution is 14.0. The fourth-order valence-corrected chi connectivity index (χ4v) is 2.80. The number of halogens is 1. The first-order valence-electron chi connectivity index (χ1n) is 7.98. The van der Waals surface area contributed by atoms with Crippen molar-refractivity contribution in [3.8, 4) is 0 Å². The number of aliphatic imine (C=N–C) groups is 1. The molecular formula is C17H26IN3. The van der Waals surface area contributed by atoms with E-state index in [9.17, 15) is 0 Å². The van der Waals surface area contributed by atoms with E-state index in [2.05, 4.69) is 35.8 Å². The normalized spacial score (nSPS) is 17.1. The van der Waals surface area contributed by atoms with Crippen LogP contribution in [0.1, 0.15) is 42.9 Å². The second-order valence-electron chi connectivity index (χ2n) is 5.98. The molecule has 2 aliphatic rings. The zero-order valence-electron chi connectivity index (χ0n) is 12.8. The Balaban J connectivity index is 0.00000161. The van der Waals surface area contributed by atoms with Gasteiger partial charge in [-0.15, -0.1) is 24.0 Å². The summed E-state index contributed by atoms with van der Waals surface area (Å²) in [5, 5.41) is 6.77. The van der Waals surface area contributed by atoms with Gasteiger partial charge in [0.05, 0.1) is 6.54 Å². The van der Waals surface area contributed by atoms with Crippen LogP contribution >= 0.6 is 24.0 Å². The molecule has 0 saturated heterocycles. The highest BCUT2D eigenvalue weighted by atomic mass is 127. The van der Waals surface area contributed by atoms with E-state index in [0.29, 0.717) is 0 Å². The Labute approximate surface area is 145 Å². The average Bonchev–Trinajstić information content (AvgIpc) is 3.17. The quantitative estimate of drug-likeness (QED) is 0.453. The molecular weight excluding hydrogens is 373 g/mol. The lowest BCUT2D eigenvalue weighted by molar-refractivity contribution is 0.739. The molecule has 4 heteroatoms. The second-order valence-corrected chi connectivity index (χ2v) is 5.98. The van der Waals surface area contributed by atoms with Crippen LogP contribution in [0.15, 0.2) is 23.2 Å². The van der Waals surface area contributed by atoms with Crippen LogP contribution in [0.5, 0.6) is 0 Å². The van der Waals surface area contributed by atoms with Crippen LogP contribution in [0.3, 0.4) is 0 Å². The summed E-state index contributed by atoms with van der Waals surface area (Å²) in [5.41, 5.74) is 4.40. The van der Waals surface area contributed by atoms with Crippen LogP contribution in [0.2, 0.25) is 0 Å². The Bertz CT molecular complexity index is 495. The minimum Gasteiger partial charge on any atom is -0.357 e. The first kappa shape index (κ1) is 16.6. The lowest BCUT2D eigenvalue weighted by Crippen LogP contribution is -2.38. The summed E-state index contributed by atoms with van der Waals surface area (Å²) in [6.45, 7) is 4.87. The Morgan fingerprint density at radius 3 is 2.76 bits per heavy atom. The van der Waals surface area contributed by atoms with Gasteiger partial charge in [-0.05, 0) is 61.6 Å². The Kier molecular flexibility index (Phi) is 6.33. The third-order valence-electron chi connectivity index (χ3n) is 4.18. The van der Waals surface area contributed by atoms with Gasteiger partial charge in [0.1, 0.15) is 0 Å². The van der Waals surface area contributed by atoms with Crippen LogP contribution in [0.4, 0.5) is 0 Å². The highest BCUT2D eigenvalue weighted by Crippen LogP contribution is 2.27. The summed E-state index contributed by atoms with van der Waals surface area (Å²) in [5.74, 6) is 1.83. The molecule has 0 spiro atoms. The summed E-state index contributed by atoms with van der Waals surface area (Å²) in [6, 6.07) is 6.87. The van der Waals surface area contributed by atoms with Gasteiger partial charge in [-0.25, -0.2) is 4.99 Å². The van der Waals surface area contributed by atoms with E-state index in [0.717, 1.165) is 31.5 Å². The Hall–Kier alpha value is -0.780. The maximum Gasteiger partial charge on any atom is 0.191 e. The predicted octanol–water partition coefficient (Wildman–Crippen LogP) is 3.26. The van der Waals surface area contributed by atoms with Crippen LogP contribution in [-0.4, -0.2) is 19.0 Å². The molecule has 3 rings (SSSR count). The smallest absolute Gasteiger partial charge is 0.191 e. The molecule has 21 heavy (non-hydrogen) atoms. The summed E-state index contributed by atoms with van der Waals surface area (Å²) in [4.78, 5) is 4.70. The molecule has 0 bridgehead atoms. The zero-order chi connectivity index (χ0) is 13.8. The van der Waals surface area contributed by atoms with Crippen molar-refractivity contribution in [2.24, 2.45) is 10.9 Å². The molecule has 1 fully saturated rings. The summed E-state index contributed by atoms with van der Waals surface area (Å²) < 4.78 is 0. The number of nitrogens with one attached hydrogen (secondary N) is 2. The molecule has 3 nitrogen and oxygen atoms in total. The molecule has 0 radical (unpaired) electrons. The van der Waals surface area contributed by atoms with E-state index in [4.69, 9.17) is 4.99 Å². The van der Waals surface area contributed by atoms with E-state index >= 15 is 0 Å². The molecule has 1 aromatic rings. The predicted molar refractivity (Wildman–Crippen MR) is 99.4 cm³/mol. The van der Waals surface area contributed by atoms with Gasteiger partial charge >= 0.3 is 0 Å². The van der Waals surface area contributed by atoms with E-state index < -0.39 is 0 Å². The molecule has 1 aromatic carbocycles. The minimum atomic E-state index is 0. The summed E-state index contributed by atoms with van der Waals surface area (Å²) in [7, 11) is 0. The van der Waals surface area contributed by atoms with E-state index in [-0.39, 0.29) is 24.0 Å². The van der Waals surface area contributed by atoms with Crippen LogP contribution in [-0.2, 0) is 19.4 Å². The third-order valence-corrected chi connectivity index (χ3v) is 4.18. The van der Waals surface area contributed by atoms with Crippen LogP contribution < -0.4 is 10.6 Å². The first-order chi connectivity index (χ1) is 9.85. The number of benzene rings is 1. The molecule has 2 aliphatic carbocycles. The van der Waals surface area contributed by atoms with E-state index in [1.807, 2.05) is 0 Å². The Morgan fingerprint density at radius 1 is 1.19 bits per heavy atom. The van der Waals surface area contributed by atoms with Gasteiger partial charge in [-0.2, -0.15) is 0 Å². The van der Waals surface area contributed by atoms with Gasteiger partial charge in [-0.1, -0.05) is 18.2 Å². The average molecular weight is 399 g/mol. The van der Waals surface area contributed by atoms with Crippen molar-refractivity contribution in [1.29, 1.82) is 0 Å². The molecule has 0 aromatic heterocycles. The minimum absolute atomic E-state index is 0. The van der Waals surface area contributed by atoms with Crippen molar-refractivity contribution in [1.82, 2.24) is 10.6 Å². The number of rotatable bonds is 5. The number of hydrogen-bond acceptors (Lipinski definition) is 1. The largest absolute Gasteiger partial charge is 0.357 e. The van der Waals surface area contributed by atoms with Gasteiger partial charge in [0.2, 0.25) is 0 Å². The number of fused-ring (bicyclic) bond motifs is 1. The van der Waals surface area contributed by atoms with Crippen LogP contribution in [0, 0.1) is 5.92 Å². The Morgan fingerprint density at radius 2 is 2.00 bits per heavy atom. The molecule has 0 unspecified atom stereocenters. The lowest BCUT2D eigenvalue weighted by atomic mass is 10.1.